The molecule has 0 bridgehead atoms. The molecule has 0 amide bonds. The molecule has 0 unspecified atom stereocenters. The molecule has 0 atom stereocenters. The first-order valence-electron chi connectivity index (χ1n) is 8.12. The summed E-state index contributed by atoms with van der Waals surface area (Å²) in [6.45, 7) is 7.10. The summed E-state index contributed by atoms with van der Waals surface area (Å²) >= 11 is 0. The van der Waals surface area contributed by atoms with Gasteiger partial charge in [0.2, 0.25) is 0 Å². The summed E-state index contributed by atoms with van der Waals surface area (Å²) in [5.74, 6) is -1.59. The SMILES string of the molecule is CC.COC(=O)c1cc(Oc2nc3c(F)c(C)c(F)cc3[nH]2)ccc1C. The summed E-state index contributed by atoms with van der Waals surface area (Å²) in [5.41, 5.74) is 1.14. The van der Waals surface area contributed by atoms with Crippen molar-refractivity contribution in [3.8, 4) is 11.8 Å². The first-order chi connectivity index (χ1) is 12.4. The second-order valence-corrected chi connectivity index (χ2v) is 5.31. The van der Waals surface area contributed by atoms with Crippen molar-refractivity contribution in [1.82, 2.24) is 9.97 Å². The van der Waals surface area contributed by atoms with Crippen LogP contribution in [0.15, 0.2) is 24.3 Å². The quantitative estimate of drug-likeness (QED) is 0.661. The molecule has 0 radical (unpaired) electrons. The molecule has 0 aliphatic heterocycles. The van der Waals surface area contributed by atoms with E-state index < -0.39 is 17.6 Å². The Morgan fingerprint density at radius 3 is 2.50 bits per heavy atom. The van der Waals surface area contributed by atoms with Gasteiger partial charge in [0.15, 0.2) is 5.82 Å². The van der Waals surface area contributed by atoms with Crippen LogP contribution in [0.2, 0.25) is 0 Å². The fraction of sp³-hybridized carbons (Fsp3) is 0.263. The van der Waals surface area contributed by atoms with E-state index in [1.807, 2.05) is 13.8 Å². The van der Waals surface area contributed by atoms with Crippen molar-refractivity contribution in [2.75, 3.05) is 7.11 Å². The van der Waals surface area contributed by atoms with Crippen LogP contribution in [0.3, 0.4) is 0 Å². The van der Waals surface area contributed by atoms with E-state index >= 15 is 0 Å². The molecule has 7 heteroatoms. The first-order valence-corrected chi connectivity index (χ1v) is 8.12. The van der Waals surface area contributed by atoms with E-state index in [-0.39, 0.29) is 22.6 Å². The Bertz CT molecular complexity index is 952. The Morgan fingerprint density at radius 2 is 1.85 bits per heavy atom. The van der Waals surface area contributed by atoms with Gasteiger partial charge in [-0.1, -0.05) is 19.9 Å². The van der Waals surface area contributed by atoms with Crippen molar-refractivity contribution in [2.24, 2.45) is 0 Å². The maximum absolute atomic E-state index is 14.0. The number of aromatic amines is 1. The molecule has 3 aromatic rings. The summed E-state index contributed by atoms with van der Waals surface area (Å²) in [6, 6.07) is 5.97. The molecule has 0 aliphatic carbocycles. The Morgan fingerprint density at radius 1 is 1.15 bits per heavy atom. The van der Waals surface area contributed by atoms with Crippen molar-refractivity contribution < 1.29 is 23.0 Å². The Balaban J connectivity index is 0.00000117. The van der Waals surface area contributed by atoms with Gasteiger partial charge in [0, 0.05) is 11.6 Å². The number of H-pyrrole nitrogens is 1. The molecule has 5 nitrogen and oxygen atoms in total. The van der Waals surface area contributed by atoms with E-state index in [2.05, 4.69) is 9.97 Å². The predicted molar refractivity (Wildman–Crippen MR) is 94.7 cm³/mol. The van der Waals surface area contributed by atoms with Crippen molar-refractivity contribution in [3.63, 3.8) is 0 Å². The average Bonchev–Trinajstić information content (AvgIpc) is 3.04. The van der Waals surface area contributed by atoms with Crippen LogP contribution in [-0.2, 0) is 4.74 Å². The van der Waals surface area contributed by atoms with Gasteiger partial charge < -0.3 is 14.5 Å². The highest BCUT2D eigenvalue weighted by molar-refractivity contribution is 5.91. The van der Waals surface area contributed by atoms with E-state index in [1.165, 1.54) is 20.1 Å². The van der Waals surface area contributed by atoms with Crippen molar-refractivity contribution in [1.29, 1.82) is 0 Å². The number of fused-ring (bicyclic) bond motifs is 1. The predicted octanol–water partition coefficient (Wildman–Crippen LogP) is 5.06. The normalized spacial score (nSPS) is 10.3. The minimum atomic E-state index is -0.741. The maximum Gasteiger partial charge on any atom is 0.338 e. The average molecular weight is 362 g/mol. The number of esters is 1. The number of imidazole rings is 1. The van der Waals surface area contributed by atoms with Gasteiger partial charge in [-0.3, -0.25) is 0 Å². The van der Waals surface area contributed by atoms with Gasteiger partial charge in [-0.05, 0) is 31.5 Å². The van der Waals surface area contributed by atoms with Crippen molar-refractivity contribution in [2.45, 2.75) is 27.7 Å². The lowest BCUT2D eigenvalue weighted by atomic mass is 10.1. The minimum Gasteiger partial charge on any atom is -0.465 e. The summed E-state index contributed by atoms with van der Waals surface area (Å²) in [7, 11) is 1.29. The molecule has 1 aromatic heterocycles. The number of methoxy groups -OCH3 is 1. The molecule has 0 saturated heterocycles. The zero-order chi connectivity index (χ0) is 19.4. The third-order valence-corrected chi connectivity index (χ3v) is 3.71. The monoisotopic (exact) mass is 362 g/mol. The molecule has 0 aliphatic rings. The van der Waals surface area contributed by atoms with E-state index in [4.69, 9.17) is 9.47 Å². The number of carbonyl (C=O) groups excluding carboxylic acids is 1. The van der Waals surface area contributed by atoms with Crippen LogP contribution in [-0.4, -0.2) is 23.0 Å². The number of aryl methyl sites for hydroxylation is 1. The Labute approximate surface area is 150 Å². The second kappa shape index (κ2) is 7.95. The topological polar surface area (TPSA) is 64.2 Å². The molecule has 1 heterocycles. The highest BCUT2D eigenvalue weighted by atomic mass is 19.1. The van der Waals surface area contributed by atoms with Crippen molar-refractivity contribution >= 4 is 17.0 Å². The van der Waals surface area contributed by atoms with Crippen LogP contribution >= 0.6 is 0 Å². The van der Waals surface area contributed by atoms with E-state index in [0.29, 0.717) is 11.3 Å². The van der Waals surface area contributed by atoms with Crippen LogP contribution in [0.1, 0.15) is 35.3 Å². The van der Waals surface area contributed by atoms with E-state index in [9.17, 15) is 13.6 Å². The summed E-state index contributed by atoms with van der Waals surface area (Å²) in [6.07, 6.45) is 0. The van der Waals surface area contributed by atoms with Gasteiger partial charge in [0.05, 0.1) is 18.2 Å². The molecule has 138 valence electrons. The Hall–Kier alpha value is -2.96. The zero-order valence-electron chi connectivity index (χ0n) is 15.2. The largest absolute Gasteiger partial charge is 0.465 e. The summed E-state index contributed by atoms with van der Waals surface area (Å²) in [5, 5.41) is 0. The number of hydrogen-bond acceptors (Lipinski definition) is 4. The highest BCUT2D eigenvalue weighted by Crippen LogP contribution is 2.27. The number of nitrogens with zero attached hydrogens (tertiary/aromatic N) is 1. The second-order valence-electron chi connectivity index (χ2n) is 5.31. The zero-order valence-corrected chi connectivity index (χ0v) is 15.2. The van der Waals surface area contributed by atoms with Gasteiger partial charge in [0.25, 0.3) is 6.01 Å². The molecule has 3 rings (SSSR count). The van der Waals surface area contributed by atoms with Gasteiger partial charge in [-0.25, -0.2) is 13.6 Å². The number of halogens is 2. The number of aromatic nitrogens is 2. The first kappa shape index (κ1) is 19.4. The van der Waals surface area contributed by atoms with Crippen LogP contribution in [0.25, 0.3) is 11.0 Å². The molecule has 0 fully saturated rings. The third kappa shape index (κ3) is 3.66. The van der Waals surface area contributed by atoms with Gasteiger partial charge in [0.1, 0.15) is 17.1 Å². The molecule has 0 spiro atoms. The number of rotatable bonds is 3. The summed E-state index contributed by atoms with van der Waals surface area (Å²) < 4.78 is 37.9. The molecular weight excluding hydrogens is 342 g/mol. The van der Waals surface area contributed by atoms with Crippen LogP contribution in [0, 0.1) is 25.5 Å². The minimum absolute atomic E-state index is 0.00595. The summed E-state index contributed by atoms with van der Waals surface area (Å²) in [4.78, 5) is 18.4. The number of carbonyl (C=O) groups is 1. The smallest absolute Gasteiger partial charge is 0.338 e. The fourth-order valence-electron chi connectivity index (χ4n) is 2.31. The third-order valence-electron chi connectivity index (χ3n) is 3.71. The molecule has 1 N–H and O–H groups in total. The highest BCUT2D eigenvalue weighted by Gasteiger charge is 2.16. The lowest BCUT2D eigenvalue weighted by molar-refractivity contribution is 0.0599. The van der Waals surface area contributed by atoms with Gasteiger partial charge in [-0.15, -0.1) is 0 Å². The van der Waals surface area contributed by atoms with Crippen LogP contribution in [0.4, 0.5) is 8.78 Å². The lowest BCUT2D eigenvalue weighted by Gasteiger charge is -2.07. The lowest BCUT2D eigenvalue weighted by Crippen LogP contribution is -2.04. The van der Waals surface area contributed by atoms with Gasteiger partial charge in [-0.2, -0.15) is 4.98 Å². The standard InChI is InChI=1S/C17H14F2N2O3.C2H6/c1-8-4-5-10(6-11(8)16(22)23-3)24-17-20-13-7-12(18)9(2)14(19)15(13)21-17;1-2/h4-7H,1-3H3,(H,20,21);1-2H3. The molecule has 0 saturated carbocycles. The van der Waals surface area contributed by atoms with E-state index in [1.54, 1.807) is 19.1 Å². The van der Waals surface area contributed by atoms with Crippen LogP contribution < -0.4 is 4.74 Å². The van der Waals surface area contributed by atoms with Crippen LogP contribution in [0.5, 0.6) is 11.8 Å². The van der Waals surface area contributed by atoms with Gasteiger partial charge >= 0.3 is 5.97 Å². The maximum atomic E-state index is 14.0. The fourth-order valence-corrected chi connectivity index (χ4v) is 2.31. The number of ether oxygens (including phenoxy) is 2. The Kier molecular flexibility index (Phi) is 5.92. The number of benzene rings is 2. The molecule has 26 heavy (non-hydrogen) atoms. The van der Waals surface area contributed by atoms with Crippen molar-refractivity contribution in [3.05, 3.63) is 52.6 Å². The number of nitrogens with one attached hydrogen (secondary N) is 1. The molecular formula is C19H20F2N2O3. The molecule has 2 aromatic carbocycles. The van der Waals surface area contributed by atoms with E-state index in [0.717, 1.165) is 11.6 Å². The number of hydrogen-bond donors (Lipinski definition) is 1.